The van der Waals surface area contributed by atoms with Crippen LogP contribution < -0.4 is 11.1 Å². The van der Waals surface area contributed by atoms with Gasteiger partial charge in [0.2, 0.25) is 0 Å². The van der Waals surface area contributed by atoms with Crippen LogP contribution in [0.2, 0.25) is 0 Å². The van der Waals surface area contributed by atoms with E-state index in [9.17, 15) is 4.79 Å². The number of anilines is 1. The summed E-state index contributed by atoms with van der Waals surface area (Å²) in [5.74, 6) is -0.00970. The number of carbonyl (C=O) groups excluding carboxylic acids is 1. The van der Waals surface area contributed by atoms with E-state index in [0.717, 1.165) is 35.2 Å². The Hall–Kier alpha value is -2.38. The number of piperidine rings is 1. The third-order valence-electron chi connectivity index (χ3n) is 4.62. The number of halogens is 1. The minimum absolute atomic E-state index is 0.203. The summed E-state index contributed by atoms with van der Waals surface area (Å²) in [6, 6.07) is 15.2. The number of rotatable bonds is 7. The van der Waals surface area contributed by atoms with E-state index in [1.54, 1.807) is 12.1 Å². The molecule has 6 nitrogen and oxygen atoms in total. The predicted molar refractivity (Wildman–Crippen MR) is 115 cm³/mol. The zero-order valence-corrected chi connectivity index (χ0v) is 17.3. The van der Waals surface area contributed by atoms with Crippen molar-refractivity contribution in [1.82, 2.24) is 4.90 Å². The Morgan fingerprint density at radius 2 is 1.82 bits per heavy atom. The maximum absolute atomic E-state index is 12.0. The molecule has 1 aliphatic rings. The van der Waals surface area contributed by atoms with Crippen LogP contribution in [-0.4, -0.2) is 36.3 Å². The highest BCUT2D eigenvalue weighted by molar-refractivity contribution is 9.10. The molecule has 0 aromatic heterocycles. The molecule has 0 saturated carbocycles. The smallest absolute Gasteiger partial charge is 0.265 e. The van der Waals surface area contributed by atoms with E-state index in [1.165, 1.54) is 19.3 Å². The summed E-state index contributed by atoms with van der Waals surface area (Å²) in [5, 5.41) is 6.70. The summed E-state index contributed by atoms with van der Waals surface area (Å²) >= 11 is 3.36. The second kappa shape index (κ2) is 10.2. The number of amides is 1. The molecule has 0 unspecified atom stereocenters. The van der Waals surface area contributed by atoms with Gasteiger partial charge in [0.05, 0.1) is 0 Å². The van der Waals surface area contributed by atoms with Crippen LogP contribution in [0.4, 0.5) is 5.69 Å². The SMILES string of the molecule is N/C(=N/OCC(=O)Nc1ccc(Br)cc1)c1ccccc1CN1CCCCC1. The van der Waals surface area contributed by atoms with Gasteiger partial charge in [0, 0.05) is 22.3 Å². The lowest BCUT2D eigenvalue weighted by Crippen LogP contribution is -2.30. The van der Waals surface area contributed by atoms with Crippen molar-refractivity contribution in [2.75, 3.05) is 25.0 Å². The van der Waals surface area contributed by atoms with Gasteiger partial charge in [-0.05, 0) is 55.8 Å². The molecular formula is C21H25BrN4O2. The molecule has 2 aromatic rings. The van der Waals surface area contributed by atoms with Crippen molar-refractivity contribution < 1.29 is 9.63 Å². The number of oxime groups is 1. The second-order valence-electron chi connectivity index (χ2n) is 6.80. The zero-order valence-electron chi connectivity index (χ0n) is 15.7. The van der Waals surface area contributed by atoms with E-state index >= 15 is 0 Å². The highest BCUT2D eigenvalue weighted by atomic mass is 79.9. The van der Waals surface area contributed by atoms with E-state index in [0.29, 0.717) is 5.69 Å². The molecule has 1 fully saturated rings. The quantitative estimate of drug-likeness (QED) is 0.387. The third kappa shape index (κ3) is 6.07. The maximum Gasteiger partial charge on any atom is 0.265 e. The van der Waals surface area contributed by atoms with Crippen LogP contribution in [-0.2, 0) is 16.2 Å². The summed E-state index contributed by atoms with van der Waals surface area (Å²) in [5.41, 5.74) is 8.79. The maximum atomic E-state index is 12.0. The number of carbonyl (C=O) groups is 1. The molecule has 0 aliphatic carbocycles. The van der Waals surface area contributed by atoms with Crippen molar-refractivity contribution >= 4 is 33.4 Å². The fourth-order valence-corrected chi connectivity index (χ4v) is 3.47. The first-order chi connectivity index (χ1) is 13.6. The first-order valence-corrected chi connectivity index (χ1v) is 10.2. The molecule has 2 aromatic carbocycles. The van der Waals surface area contributed by atoms with Crippen molar-refractivity contribution in [2.45, 2.75) is 25.8 Å². The molecule has 0 bridgehead atoms. The number of nitrogens with zero attached hydrogens (tertiary/aromatic N) is 2. The molecule has 28 heavy (non-hydrogen) atoms. The van der Waals surface area contributed by atoms with Gasteiger partial charge in [0.1, 0.15) is 0 Å². The van der Waals surface area contributed by atoms with E-state index in [-0.39, 0.29) is 18.3 Å². The normalized spacial score (nSPS) is 15.2. The molecule has 1 amide bonds. The van der Waals surface area contributed by atoms with Gasteiger partial charge in [-0.1, -0.05) is 51.8 Å². The van der Waals surface area contributed by atoms with Crippen LogP contribution in [0.25, 0.3) is 0 Å². The highest BCUT2D eigenvalue weighted by Crippen LogP contribution is 2.16. The Kier molecular flexibility index (Phi) is 7.45. The van der Waals surface area contributed by atoms with Gasteiger partial charge in [-0.2, -0.15) is 0 Å². The van der Waals surface area contributed by atoms with E-state index < -0.39 is 0 Å². The molecule has 3 N–H and O–H groups in total. The Labute approximate surface area is 173 Å². The van der Waals surface area contributed by atoms with E-state index in [2.05, 4.69) is 37.4 Å². The van der Waals surface area contributed by atoms with Crippen LogP contribution in [0.5, 0.6) is 0 Å². The van der Waals surface area contributed by atoms with Crippen LogP contribution in [0.3, 0.4) is 0 Å². The lowest BCUT2D eigenvalue weighted by molar-refractivity contribution is -0.120. The topological polar surface area (TPSA) is 80.0 Å². The second-order valence-corrected chi connectivity index (χ2v) is 7.71. The van der Waals surface area contributed by atoms with Crippen LogP contribution >= 0.6 is 15.9 Å². The fraction of sp³-hybridized carbons (Fsp3) is 0.333. The van der Waals surface area contributed by atoms with Gasteiger partial charge in [-0.3, -0.25) is 9.69 Å². The van der Waals surface area contributed by atoms with Crippen molar-refractivity contribution in [3.05, 3.63) is 64.1 Å². The van der Waals surface area contributed by atoms with Crippen molar-refractivity contribution in [1.29, 1.82) is 0 Å². The molecule has 1 aliphatic heterocycles. The number of hydrogen-bond donors (Lipinski definition) is 2. The summed E-state index contributed by atoms with van der Waals surface area (Å²) in [6.07, 6.45) is 3.78. The Balaban J connectivity index is 1.55. The number of nitrogens with one attached hydrogen (secondary N) is 1. The monoisotopic (exact) mass is 444 g/mol. The first-order valence-electron chi connectivity index (χ1n) is 9.43. The molecular weight excluding hydrogens is 420 g/mol. The van der Waals surface area contributed by atoms with Gasteiger partial charge in [-0.25, -0.2) is 0 Å². The Bertz CT molecular complexity index is 817. The molecule has 3 rings (SSSR count). The Morgan fingerprint density at radius 1 is 1.11 bits per heavy atom. The van der Waals surface area contributed by atoms with Gasteiger partial charge in [-0.15, -0.1) is 0 Å². The third-order valence-corrected chi connectivity index (χ3v) is 5.15. The molecule has 1 saturated heterocycles. The molecule has 0 radical (unpaired) electrons. The summed E-state index contributed by atoms with van der Waals surface area (Å²) < 4.78 is 0.947. The number of benzene rings is 2. The predicted octanol–water partition coefficient (Wildman–Crippen LogP) is 3.71. The highest BCUT2D eigenvalue weighted by Gasteiger charge is 2.14. The van der Waals surface area contributed by atoms with Gasteiger partial charge in [0.15, 0.2) is 12.4 Å². The minimum atomic E-state index is -0.291. The number of hydrogen-bond acceptors (Lipinski definition) is 4. The van der Waals surface area contributed by atoms with Crippen molar-refractivity contribution in [2.24, 2.45) is 10.9 Å². The first kappa shape index (κ1) is 20.4. The zero-order chi connectivity index (χ0) is 19.8. The summed E-state index contributed by atoms with van der Waals surface area (Å²) in [6.45, 7) is 2.86. The van der Waals surface area contributed by atoms with Crippen LogP contribution in [0.1, 0.15) is 30.4 Å². The fourth-order valence-electron chi connectivity index (χ4n) is 3.21. The summed E-state index contributed by atoms with van der Waals surface area (Å²) in [4.78, 5) is 19.6. The van der Waals surface area contributed by atoms with Crippen LogP contribution in [0, 0.1) is 0 Å². The summed E-state index contributed by atoms with van der Waals surface area (Å²) in [7, 11) is 0. The molecule has 0 atom stereocenters. The number of nitrogens with two attached hydrogens (primary N) is 1. The largest absolute Gasteiger partial charge is 0.384 e. The van der Waals surface area contributed by atoms with Gasteiger partial charge >= 0.3 is 0 Å². The van der Waals surface area contributed by atoms with Gasteiger partial charge in [0.25, 0.3) is 5.91 Å². The van der Waals surface area contributed by atoms with E-state index in [4.69, 9.17) is 10.6 Å². The Morgan fingerprint density at radius 3 is 2.57 bits per heavy atom. The minimum Gasteiger partial charge on any atom is -0.384 e. The molecule has 7 heteroatoms. The standard InChI is InChI=1S/C21H25BrN4O2/c22-17-8-10-18(11-9-17)24-20(27)15-28-25-21(23)19-7-3-2-6-16(19)14-26-12-4-1-5-13-26/h2-3,6-11H,1,4-5,12-15H2,(H2,23,25)(H,24,27). The number of likely N-dealkylation sites (tertiary alicyclic amines) is 1. The van der Waals surface area contributed by atoms with Crippen molar-refractivity contribution in [3.63, 3.8) is 0 Å². The molecule has 148 valence electrons. The van der Waals surface area contributed by atoms with Crippen LogP contribution in [0.15, 0.2) is 58.2 Å². The average molecular weight is 445 g/mol. The van der Waals surface area contributed by atoms with Crippen molar-refractivity contribution in [3.8, 4) is 0 Å². The number of amidine groups is 1. The lowest BCUT2D eigenvalue weighted by atomic mass is 10.0. The van der Waals surface area contributed by atoms with E-state index in [1.807, 2.05) is 30.3 Å². The molecule has 0 spiro atoms. The average Bonchev–Trinajstić information content (AvgIpc) is 2.71. The van der Waals surface area contributed by atoms with Gasteiger partial charge < -0.3 is 15.9 Å². The molecule has 1 heterocycles. The lowest BCUT2D eigenvalue weighted by Gasteiger charge is -2.27.